The van der Waals surface area contributed by atoms with E-state index in [0.29, 0.717) is 5.69 Å². The molecule has 1 aliphatic rings. The lowest BCUT2D eigenvalue weighted by Crippen LogP contribution is -2.47. The molecule has 4 heterocycles. The van der Waals surface area contributed by atoms with E-state index in [-0.39, 0.29) is 16.9 Å². The summed E-state index contributed by atoms with van der Waals surface area (Å²) in [5.74, 6) is -2.76. The van der Waals surface area contributed by atoms with E-state index in [1.54, 1.807) is 31.5 Å². The quantitative estimate of drug-likeness (QED) is 0.456. The van der Waals surface area contributed by atoms with Gasteiger partial charge >= 0.3 is 0 Å². The monoisotopic (exact) mass is 436 g/mol. The number of H-pyrrole nitrogens is 1. The van der Waals surface area contributed by atoms with E-state index in [9.17, 15) is 18.7 Å². The van der Waals surface area contributed by atoms with Crippen LogP contribution in [0.3, 0.4) is 0 Å². The number of pyridine rings is 2. The number of aliphatic hydroxyl groups excluding tert-OH is 1. The number of ether oxygens (including phenoxy) is 1. The fourth-order valence-electron chi connectivity index (χ4n) is 3.91. The fourth-order valence-corrected chi connectivity index (χ4v) is 3.91. The summed E-state index contributed by atoms with van der Waals surface area (Å²) in [6.07, 6.45) is 2.84. The van der Waals surface area contributed by atoms with E-state index in [0.717, 1.165) is 22.7 Å². The highest BCUT2D eigenvalue weighted by atomic mass is 19.2. The minimum atomic E-state index is -1.27. The van der Waals surface area contributed by atoms with Gasteiger partial charge in [-0.2, -0.15) is 0 Å². The molecule has 5 rings (SSSR count). The SMILES string of the molecule is C[C@H]1Oc2ccc(F)c(F)c2[C@@H](NC(=O)c2ccc(-c3ccnc4[nH]ccc34)nc2)[C@@H]1O. The Morgan fingerprint density at radius 1 is 1.16 bits per heavy atom. The predicted molar refractivity (Wildman–Crippen MR) is 112 cm³/mol. The van der Waals surface area contributed by atoms with Gasteiger partial charge in [0.25, 0.3) is 5.91 Å². The molecule has 0 aliphatic carbocycles. The zero-order chi connectivity index (χ0) is 22.4. The second-order valence-corrected chi connectivity index (χ2v) is 7.57. The molecular weight excluding hydrogens is 418 g/mol. The molecule has 0 bridgehead atoms. The predicted octanol–water partition coefficient (Wildman–Crippen LogP) is 3.52. The second kappa shape index (κ2) is 7.69. The lowest BCUT2D eigenvalue weighted by molar-refractivity contribution is 0.00133. The van der Waals surface area contributed by atoms with Gasteiger partial charge in [-0.1, -0.05) is 0 Å². The molecular formula is C23H18F2N4O3. The molecule has 3 aromatic heterocycles. The number of amides is 1. The van der Waals surface area contributed by atoms with Crippen LogP contribution in [0, 0.1) is 11.6 Å². The topological polar surface area (TPSA) is 100 Å². The van der Waals surface area contributed by atoms with E-state index in [4.69, 9.17) is 4.74 Å². The van der Waals surface area contributed by atoms with Crippen molar-refractivity contribution in [3.8, 4) is 17.0 Å². The molecule has 3 atom stereocenters. The molecule has 162 valence electrons. The van der Waals surface area contributed by atoms with Crippen molar-refractivity contribution in [1.29, 1.82) is 0 Å². The van der Waals surface area contributed by atoms with Gasteiger partial charge in [-0.15, -0.1) is 0 Å². The molecule has 7 nitrogen and oxygen atoms in total. The largest absolute Gasteiger partial charge is 0.487 e. The molecule has 32 heavy (non-hydrogen) atoms. The standard InChI is InChI=1S/C23H18F2N4O3/c1-11-21(30)20(18-17(32-11)5-3-15(24)19(18)25)29-23(31)12-2-4-16(28-10-12)13-6-8-26-22-14(13)7-9-27-22/h2-11,20-21,30H,1H3,(H,26,27)(H,29,31)/t11-,20-,21-/m1/s1. The number of carbonyl (C=O) groups is 1. The summed E-state index contributed by atoms with van der Waals surface area (Å²) in [6, 6.07) is 8.02. The van der Waals surface area contributed by atoms with Crippen molar-refractivity contribution >= 4 is 16.9 Å². The number of aromatic nitrogens is 3. The fraction of sp³-hybridized carbons (Fsp3) is 0.174. The van der Waals surface area contributed by atoms with Crippen LogP contribution in [-0.2, 0) is 0 Å². The molecule has 0 fully saturated rings. The van der Waals surface area contributed by atoms with Crippen LogP contribution in [0.5, 0.6) is 5.75 Å². The Balaban J connectivity index is 1.43. The Bertz CT molecular complexity index is 1320. The van der Waals surface area contributed by atoms with Crippen molar-refractivity contribution in [1.82, 2.24) is 20.3 Å². The van der Waals surface area contributed by atoms with Gasteiger partial charge in [-0.05, 0) is 43.3 Å². The summed E-state index contributed by atoms with van der Waals surface area (Å²) in [6.45, 7) is 1.58. The van der Waals surface area contributed by atoms with Crippen LogP contribution in [0.1, 0.15) is 28.9 Å². The number of rotatable bonds is 3. The number of fused-ring (bicyclic) bond motifs is 2. The summed E-state index contributed by atoms with van der Waals surface area (Å²) >= 11 is 0. The lowest BCUT2D eigenvalue weighted by Gasteiger charge is -2.35. The number of nitrogens with zero attached hydrogens (tertiary/aromatic N) is 2. The van der Waals surface area contributed by atoms with Gasteiger partial charge < -0.3 is 20.1 Å². The van der Waals surface area contributed by atoms with Crippen LogP contribution < -0.4 is 10.1 Å². The molecule has 1 aromatic carbocycles. The molecule has 0 saturated carbocycles. The molecule has 4 aromatic rings. The molecule has 0 spiro atoms. The third-order valence-electron chi connectivity index (χ3n) is 5.59. The first kappa shape index (κ1) is 20.1. The molecule has 0 radical (unpaired) electrons. The van der Waals surface area contributed by atoms with Gasteiger partial charge in [0, 0.05) is 29.5 Å². The van der Waals surface area contributed by atoms with E-state index in [1.807, 2.05) is 12.1 Å². The normalized spacial score (nSPS) is 19.9. The Labute approximate surface area is 181 Å². The number of aromatic amines is 1. The second-order valence-electron chi connectivity index (χ2n) is 7.57. The molecule has 9 heteroatoms. The molecule has 1 amide bonds. The van der Waals surface area contributed by atoms with Gasteiger partial charge in [0.15, 0.2) is 11.6 Å². The number of halogens is 2. The molecule has 0 unspecified atom stereocenters. The highest BCUT2D eigenvalue weighted by Gasteiger charge is 2.39. The number of aliphatic hydroxyl groups is 1. The number of carbonyl (C=O) groups excluding carboxylic acids is 1. The highest BCUT2D eigenvalue weighted by molar-refractivity contribution is 5.95. The smallest absolute Gasteiger partial charge is 0.253 e. The van der Waals surface area contributed by atoms with Crippen LogP contribution in [-0.4, -0.2) is 38.2 Å². The number of nitrogens with one attached hydrogen (secondary N) is 2. The van der Waals surface area contributed by atoms with E-state index < -0.39 is 35.8 Å². The summed E-state index contributed by atoms with van der Waals surface area (Å²) in [5.41, 5.74) is 2.20. The number of benzene rings is 1. The lowest BCUT2D eigenvalue weighted by atomic mass is 9.93. The third kappa shape index (κ3) is 3.27. The summed E-state index contributed by atoms with van der Waals surface area (Å²) in [4.78, 5) is 24.5. The van der Waals surface area contributed by atoms with Gasteiger partial charge in [0.05, 0.1) is 22.9 Å². The summed E-state index contributed by atoms with van der Waals surface area (Å²) in [5, 5.41) is 14.0. The van der Waals surface area contributed by atoms with Crippen LogP contribution in [0.4, 0.5) is 8.78 Å². The first-order valence-electron chi connectivity index (χ1n) is 9.96. The van der Waals surface area contributed by atoms with E-state index in [2.05, 4.69) is 20.3 Å². The van der Waals surface area contributed by atoms with Crippen LogP contribution in [0.15, 0.2) is 55.0 Å². The van der Waals surface area contributed by atoms with E-state index in [1.165, 1.54) is 12.3 Å². The van der Waals surface area contributed by atoms with Crippen LogP contribution in [0.25, 0.3) is 22.3 Å². The maximum Gasteiger partial charge on any atom is 0.253 e. The van der Waals surface area contributed by atoms with Crippen molar-refractivity contribution in [2.45, 2.75) is 25.2 Å². The van der Waals surface area contributed by atoms with Crippen LogP contribution >= 0.6 is 0 Å². The van der Waals surface area contributed by atoms with Gasteiger partial charge in [-0.3, -0.25) is 9.78 Å². The van der Waals surface area contributed by atoms with Crippen molar-refractivity contribution in [3.63, 3.8) is 0 Å². The zero-order valence-electron chi connectivity index (χ0n) is 16.8. The number of hydrogen-bond acceptors (Lipinski definition) is 5. The molecule has 3 N–H and O–H groups in total. The van der Waals surface area contributed by atoms with Crippen molar-refractivity contribution in [2.24, 2.45) is 0 Å². The summed E-state index contributed by atoms with van der Waals surface area (Å²) in [7, 11) is 0. The summed E-state index contributed by atoms with van der Waals surface area (Å²) < 4.78 is 33.8. The van der Waals surface area contributed by atoms with E-state index >= 15 is 0 Å². The first-order chi connectivity index (χ1) is 15.4. The average Bonchev–Trinajstić information content (AvgIpc) is 3.28. The van der Waals surface area contributed by atoms with Crippen molar-refractivity contribution < 1.29 is 23.4 Å². The Morgan fingerprint density at radius 3 is 2.78 bits per heavy atom. The maximum absolute atomic E-state index is 14.5. The Morgan fingerprint density at radius 2 is 2.00 bits per heavy atom. The highest BCUT2D eigenvalue weighted by Crippen LogP contribution is 2.38. The minimum Gasteiger partial charge on any atom is -0.487 e. The first-order valence-corrected chi connectivity index (χ1v) is 9.96. The van der Waals surface area contributed by atoms with Crippen LogP contribution in [0.2, 0.25) is 0 Å². The zero-order valence-corrected chi connectivity index (χ0v) is 16.8. The Kier molecular flexibility index (Phi) is 4.82. The number of hydrogen-bond donors (Lipinski definition) is 3. The van der Waals surface area contributed by atoms with Gasteiger partial charge in [0.2, 0.25) is 0 Å². The molecule has 0 saturated heterocycles. The van der Waals surface area contributed by atoms with Crippen molar-refractivity contribution in [2.75, 3.05) is 0 Å². The molecule has 1 aliphatic heterocycles. The van der Waals surface area contributed by atoms with Gasteiger partial charge in [0.1, 0.15) is 23.6 Å². The maximum atomic E-state index is 14.5. The van der Waals surface area contributed by atoms with Crippen molar-refractivity contribution in [3.05, 3.63) is 77.8 Å². The average molecular weight is 436 g/mol. The third-order valence-corrected chi connectivity index (χ3v) is 5.59. The minimum absolute atomic E-state index is 0.0775. The van der Waals surface area contributed by atoms with Gasteiger partial charge in [-0.25, -0.2) is 13.8 Å². The Hall–Kier alpha value is -3.85.